The number of nitrogens with one attached hydrogen (secondary N) is 2. The van der Waals surface area contributed by atoms with Crippen molar-refractivity contribution in [3.05, 3.63) is 17.0 Å². The zero-order valence-electron chi connectivity index (χ0n) is 18.1. The van der Waals surface area contributed by atoms with E-state index in [4.69, 9.17) is 14.6 Å². The molecule has 1 spiro atoms. The highest BCUT2D eigenvalue weighted by Crippen LogP contribution is 2.50. The maximum atomic E-state index is 6.36. The fourth-order valence-electron chi connectivity index (χ4n) is 5.68. The van der Waals surface area contributed by atoms with Crippen LogP contribution in [0, 0.1) is 5.41 Å². The molecule has 0 aromatic carbocycles. The van der Waals surface area contributed by atoms with Gasteiger partial charge in [0.1, 0.15) is 0 Å². The standard InChI is InChI=1S/C22H38N4O2/c1-21(2)14-22(28-15-21)7-5-16(6-8-22)20-18(11-17(24-4)12-23-3)25-26-9-10-27-13-19(20)26/h16-17,23-24H,5-15H2,1-4H3. The fraction of sp³-hybridized carbons (Fsp3) is 0.864. The quantitative estimate of drug-likeness (QED) is 0.782. The molecule has 28 heavy (non-hydrogen) atoms. The molecule has 0 amide bonds. The second-order valence-electron chi connectivity index (χ2n) is 9.92. The van der Waals surface area contributed by atoms with Crippen LogP contribution in [0.5, 0.6) is 0 Å². The van der Waals surface area contributed by atoms with Gasteiger partial charge in [0, 0.05) is 24.6 Å². The number of likely N-dealkylation sites (N-methyl/N-ethyl adjacent to an activating group) is 2. The summed E-state index contributed by atoms with van der Waals surface area (Å²) in [5, 5.41) is 11.8. The molecule has 1 atom stereocenters. The summed E-state index contributed by atoms with van der Waals surface area (Å²) in [6.45, 7) is 8.92. The Labute approximate surface area is 169 Å². The Bertz CT molecular complexity index is 676. The third kappa shape index (κ3) is 4.02. The Morgan fingerprint density at radius 2 is 2.04 bits per heavy atom. The maximum absolute atomic E-state index is 6.36. The number of rotatable bonds is 6. The average molecular weight is 391 g/mol. The molecular weight excluding hydrogens is 352 g/mol. The van der Waals surface area contributed by atoms with Gasteiger partial charge in [-0.15, -0.1) is 0 Å². The molecule has 1 saturated carbocycles. The van der Waals surface area contributed by atoms with E-state index < -0.39 is 0 Å². The van der Waals surface area contributed by atoms with Crippen LogP contribution in [-0.2, 0) is 29.0 Å². The average Bonchev–Trinajstić information content (AvgIpc) is 3.19. The molecule has 1 saturated heterocycles. The van der Waals surface area contributed by atoms with Gasteiger partial charge in [-0.1, -0.05) is 13.8 Å². The number of ether oxygens (including phenoxy) is 2. The van der Waals surface area contributed by atoms with Gasteiger partial charge in [-0.25, -0.2) is 0 Å². The molecule has 6 heteroatoms. The molecule has 158 valence electrons. The minimum atomic E-state index is 0.129. The molecule has 1 aromatic heterocycles. The highest BCUT2D eigenvalue weighted by atomic mass is 16.5. The van der Waals surface area contributed by atoms with Crippen molar-refractivity contribution in [2.75, 3.05) is 33.9 Å². The third-order valence-electron chi connectivity index (χ3n) is 7.03. The van der Waals surface area contributed by atoms with Crippen LogP contribution in [0.1, 0.15) is 68.8 Å². The van der Waals surface area contributed by atoms with Gasteiger partial charge >= 0.3 is 0 Å². The second kappa shape index (κ2) is 8.05. The minimum absolute atomic E-state index is 0.129. The Morgan fingerprint density at radius 1 is 1.25 bits per heavy atom. The van der Waals surface area contributed by atoms with Crippen LogP contribution >= 0.6 is 0 Å². The zero-order chi connectivity index (χ0) is 19.8. The van der Waals surface area contributed by atoms with Gasteiger partial charge in [0.15, 0.2) is 0 Å². The van der Waals surface area contributed by atoms with Crippen LogP contribution in [-0.4, -0.2) is 55.3 Å². The van der Waals surface area contributed by atoms with E-state index in [2.05, 4.69) is 29.2 Å². The number of aromatic nitrogens is 2. The molecule has 2 aliphatic heterocycles. The van der Waals surface area contributed by atoms with Crippen LogP contribution in [0.15, 0.2) is 0 Å². The van der Waals surface area contributed by atoms with E-state index in [1.165, 1.54) is 49.1 Å². The van der Waals surface area contributed by atoms with E-state index in [0.717, 1.165) is 32.7 Å². The lowest BCUT2D eigenvalue weighted by Crippen LogP contribution is -2.37. The summed E-state index contributed by atoms with van der Waals surface area (Å²) in [6.07, 6.45) is 6.95. The first kappa shape index (κ1) is 20.3. The second-order valence-corrected chi connectivity index (χ2v) is 9.92. The summed E-state index contributed by atoms with van der Waals surface area (Å²) in [7, 11) is 4.06. The SMILES string of the molecule is CNCC(Cc1nn2c(c1C1CCC3(CC1)CC(C)(C)CO3)COCC2)NC. The lowest BCUT2D eigenvalue weighted by atomic mass is 9.71. The summed E-state index contributed by atoms with van der Waals surface area (Å²) in [5.74, 6) is 0.588. The monoisotopic (exact) mass is 390 g/mol. The molecule has 0 bridgehead atoms. The Balaban J connectivity index is 1.54. The topological polar surface area (TPSA) is 60.3 Å². The highest BCUT2D eigenvalue weighted by Gasteiger charge is 2.47. The summed E-state index contributed by atoms with van der Waals surface area (Å²) in [5.41, 5.74) is 4.56. The van der Waals surface area contributed by atoms with Crippen LogP contribution in [0.25, 0.3) is 0 Å². The predicted octanol–water partition coefficient (Wildman–Crippen LogP) is 2.61. The van der Waals surface area contributed by atoms with E-state index in [0.29, 0.717) is 24.0 Å². The number of hydrogen-bond acceptors (Lipinski definition) is 5. The minimum Gasteiger partial charge on any atom is -0.374 e. The van der Waals surface area contributed by atoms with Gasteiger partial charge in [0.25, 0.3) is 0 Å². The highest BCUT2D eigenvalue weighted by molar-refractivity contribution is 5.32. The van der Waals surface area contributed by atoms with Gasteiger partial charge in [-0.3, -0.25) is 4.68 Å². The van der Waals surface area contributed by atoms with Crippen LogP contribution in [0.3, 0.4) is 0 Å². The van der Waals surface area contributed by atoms with Crippen molar-refractivity contribution in [2.24, 2.45) is 5.41 Å². The first-order valence-electron chi connectivity index (χ1n) is 11.1. The first-order valence-corrected chi connectivity index (χ1v) is 11.1. The van der Waals surface area contributed by atoms with Gasteiger partial charge in [0.05, 0.1) is 43.4 Å². The van der Waals surface area contributed by atoms with E-state index in [9.17, 15) is 0 Å². The molecule has 2 N–H and O–H groups in total. The van der Waals surface area contributed by atoms with E-state index >= 15 is 0 Å². The molecule has 3 aliphatic rings. The van der Waals surface area contributed by atoms with Crippen LogP contribution in [0.4, 0.5) is 0 Å². The van der Waals surface area contributed by atoms with Crippen molar-refractivity contribution in [3.8, 4) is 0 Å². The Hall–Kier alpha value is -0.950. The lowest BCUT2D eigenvalue weighted by Gasteiger charge is -2.37. The van der Waals surface area contributed by atoms with Crippen molar-refractivity contribution in [2.45, 2.75) is 83.1 Å². The van der Waals surface area contributed by atoms with Crippen molar-refractivity contribution in [3.63, 3.8) is 0 Å². The number of fused-ring (bicyclic) bond motifs is 1. The molecule has 2 fully saturated rings. The third-order valence-corrected chi connectivity index (χ3v) is 7.03. The number of hydrogen-bond donors (Lipinski definition) is 2. The van der Waals surface area contributed by atoms with Crippen molar-refractivity contribution < 1.29 is 9.47 Å². The normalized spacial score (nSPS) is 30.5. The van der Waals surface area contributed by atoms with E-state index in [-0.39, 0.29) is 5.60 Å². The smallest absolute Gasteiger partial charge is 0.0888 e. The summed E-state index contributed by atoms with van der Waals surface area (Å²) >= 11 is 0. The molecule has 1 unspecified atom stereocenters. The van der Waals surface area contributed by atoms with Crippen LogP contribution < -0.4 is 10.6 Å². The lowest BCUT2D eigenvalue weighted by molar-refractivity contribution is -0.0296. The molecule has 3 heterocycles. The predicted molar refractivity (Wildman–Crippen MR) is 111 cm³/mol. The molecular formula is C22H38N4O2. The van der Waals surface area contributed by atoms with Gasteiger partial charge in [0.2, 0.25) is 0 Å². The summed E-state index contributed by atoms with van der Waals surface area (Å²) < 4.78 is 14.4. The summed E-state index contributed by atoms with van der Waals surface area (Å²) in [6, 6.07) is 0.399. The molecule has 1 aliphatic carbocycles. The van der Waals surface area contributed by atoms with Gasteiger partial charge in [-0.2, -0.15) is 5.10 Å². The molecule has 4 rings (SSSR count). The van der Waals surface area contributed by atoms with Crippen molar-refractivity contribution in [1.29, 1.82) is 0 Å². The molecule has 6 nitrogen and oxygen atoms in total. The van der Waals surface area contributed by atoms with E-state index in [1.807, 2.05) is 14.1 Å². The first-order chi connectivity index (χ1) is 13.5. The fourth-order valence-corrected chi connectivity index (χ4v) is 5.68. The van der Waals surface area contributed by atoms with Gasteiger partial charge < -0.3 is 20.1 Å². The largest absolute Gasteiger partial charge is 0.374 e. The van der Waals surface area contributed by atoms with E-state index in [1.54, 1.807) is 0 Å². The molecule has 1 aromatic rings. The van der Waals surface area contributed by atoms with Crippen LogP contribution in [0.2, 0.25) is 0 Å². The van der Waals surface area contributed by atoms with Crippen molar-refractivity contribution in [1.82, 2.24) is 20.4 Å². The zero-order valence-corrected chi connectivity index (χ0v) is 18.1. The molecule has 0 radical (unpaired) electrons. The number of nitrogens with zero attached hydrogens (tertiary/aromatic N) is 2. The Morgan fingerprint density at radius 3 is 2.68 bits per heavy atom. The van der Waals surface area contributed by atoms with Gasteiger partial charge in [-0.05, 0) is 57.5 Å². The maximum Gasteiger partial charge on any atom is 0.0888 e. The van der Waals surface area contributed by atoms with Crippen molar-refractivity contribution >= 4 is 0 Å². The summed E-state index contributed by atoms with van der Waals surface area (Å²) in [4.78, 5) is 0. The Kier molecular flexibility index (Phi) is 5.85.